The number of nitrogens with zero attached hydrogens (tertiary/aromatic N) is 2. The highest BCUT2D eigenvalue weighted by molar-refractivity contribution is 8.18. The maximum Gasteiger partial charge on any atom is 0.293 e. The molecule has 0 radical (unpaired) electrons. The van der Waals surface area contributed by atoms with Gasteiger partial charge in [0.1, 0.15) is 6.61 Å². The van der Waals surface area contributed by atoms with Crippen LogP contribution in [0.3, 0.4) is 0 Å². The van der Waals surface area contributed by atoms with Crippen LogP contribution in [0.15, 0.2) is 89.8 Å². The minimum Gasteiger partial charge on any atom is -0.490 e. The van der Waals surface area contributed by atoms with E-state index in [1.165, 1.54) is 0 Å². The second kappa shape index (κ2) is 11.2. The molecule has 0 bridgehead atoms. The highest BCUT2D eigenvalue weighted by atomic mass is 32.2. The number of amides is 2. The molecule has 0 spiro atoms. The number of imide groups is 1. The van der Waals surface area contributed by atoms with Crippen LogP contribution in [0.25, 0.3) is 16.8 Å². The minimum atomic E-state index is -0.387. The summed E-state index contributed by atoms with van der Waals surface area (Å²) in [4.78, 5) is 27.2. The molecule has 5 rings (SSSR count). The number of ether oxygens (including phenoxy) is 2. The molecule has 0 atom stereocenters. The fourth-order valence-corrected chi connectivity index (χ4v) is 5.14. The molecule has 7 heteroatoms. The molecule has 6 nitrogen and oxygen atoms in total. The number of nitriles is 1. The number of rotatable bonds is 8. The maximum atomic E-state index is 13.0. The van der Waals surface area contributed by atoms with Crippen molar-refractivity contribution in [2.75, 3.05) is 6.61 Å². The van der Waals surface area contributed by atoms with E-state index >= 15 is 0 Å². The maximum absolute atomic E-state index is 13.0. The molecule has 38 heavy (non-hydrogen) atoms. The summed E-state index contributed by atoms with van der Waals surface area (Å²) in [6.45, 7) is 2.77. The molecule has 1 aliphatic heterocycles. The quantitative estimate of drug-likeness (QED) is 0.235. The zero-order valence-corrected chi connectivity index (χ0v) is 21.5. The lowest BCUT2D eigenvalue weighted by Gasteiger charge is -2.14. The topological polar surface area (TPSA) is 79.6 Å². The first-order valence-corrected chi connectivity index (χ1v) is 13.0. The van der Waals surface area contributed by atoms with E-state index in [4.69, 9.17) is 9.47 Å². The molecule has 1 aliphatic rings. The van der Waals surface area contributed by atoms with E-state index in [1.807, 2.05) is 43.3 Å². The Labute approximate surface area is 225 Å². The highest BCUT2D eigenvalue weighted by Gasteiger charge is 2.35. The largest absolute Gasteiger partial charge is 0.490 e. The van der Waals surface area contributed by atoms with Crippen molar-refractivity contribution >= 4 is 39.8 Å². The number of thioether (sulfide) groups is 1. The predicted octanol–water partition coefficient (Wildman–Crippen LogP) is 6.93. The highest BCUT2D eigenvalue weighted by Crippen LogP contribution is 2.36. The van der Waals surface area contributed by atoms with Crippen molar-refractivity contribution in [3.05, 3.63) is 112 Å². The van der Waals surface area contributed by atoms with Gasteiger partial charge in [-0.2, -0.15) is 5.26 Å². The number of hydrogen-bond donors (Lipinski definition) is 0. The van der Waals surface area contributed by atoms with Crippen LogP contribution >= 0.6 is 11.8 Å². The lowest BCUT2D eigenvalue weighted by Crippen LogP contribution is -2.27. The van der Waals surface area contributed by atoms with Gasteiger partial charge in [0.25, 0.3) is 11.1 Å². The summed E-state index contributed by atoms with van der Waals surface area (Å²) in [5, 5.41) is 11.3. The lowest BCUT2D eigenvalue weighted by atomic mass is 10.1. The summed E-state index contributed by atoms with van der Waals surface area (Å²) in [5.41, 5.74) is 2.86. The van der Waals surface area contributed by atoms with Crippen LogP contribution in [0.5, 0.6) is 11.5 Å². The Kier molecular flexibility index (Phi) is 7.43. The van der Waals surface area contributed by atoms with Gasteiger partial charge in [0.15, 0.2) is 11.5 Å². The smallest absolute Gasteiger partial charge is 0.293 e. The minimum absolute atomic E-state index is 0.0525. The summed E-state index contributed by atoms with van der Waals surface area (Å²) in [5.74, 6) is 0.767. The van der Waals surface area contributed by atoms with Crippen LogP contribution in [0.2, 0.25) is 0 Å². The van der Waals surface area contributed by atoms with Gasteiger partial charge in [0.05, 0.1) is 29.7 Å². The Morgan fingerprint density at radius 3 is 2.50 bits per heavy atom. The molecule has 1 heterocycles. The van der Waals surface area contributed by atoms with E-state index in [2.05, 4.69) is 24.3 Å². The van der Waals surface area contributed by atoms with Crippen molar-refractivity contribution in [2.24, 2.45) is 0 Å². The number of hydrogen-bond acceptors (Lipinski definition) is 6. The van der Waals surface area contributed by atoms with Gasteiger partial charge in [-0.15, -0.1) is 0 Å². The number of carbonyl (C=O) groups is 2. The Balaban J connectivity index is 1.35. The standard InChI is InChI=1S/C31H24N2O4S/c1-2-36-28-16-21(14-15-27(28)37-20-25-12-7-11-22-8-5-6-13-26(22)25)17-29-30(34)33(31(35)38-29)19-24-10-4-3-9-23(24)18-32/h3-17H,2,19-20H2,1H3/b29-17+. The molecule has 1 fully saturated rings. The van der Waals surface area contributed by atoms with Gasteiger partial charge in [-0.3, -0.25) is 14.5 Å². The average molecular weight is 521 g/mol. The third-order valence-electron chi connectivity index (χ3n) is 6.17. The Bertz CT molecular complexity index is 1600. The normalized spacial score (nSPS) is 14.2. The predicted molar refractivity (Wildman–Crippen MR) is 149 cm³/mol. The number of fused-ring (bicyclic) bond motifs is 1. The fraction of sp³-hybridized carbons (Fsp3) is 0.129. The summed E-state index contributed by atoms with van der Waals surface area (Å²) in [6.07, 6.45) is 1.68. The zero-order valence-electron chi connectivity index (χ0n) is 20.7. The molecule has 1 saturated heterocycles. The molecule has 0 aromatic heterocycles. The molecule has 0 N–H and O–H groups in total. The molecular formula is C31H24N2O4S. The Hall–Kier alpha value is -4.54. The first-order valence-electron chi connectivity index (χ1n) is 12.2. The van der Waals surface area contributed by atoms with Crippen molar-refractivity contribution in [1.82, 2.24) is 4.90 Å². The van der Waals surface area contributed by atoms with Gasteiger partial charge in [-0.25, -0.2) is 0 Å². The van der Waals surface area contributed by atoms with Gasteiger partial charge in [0, 0.05) is 0 Å². The first kappa shape index (κ1) is 25.1. The van der Waals surface area contributed by atoms with Gasteiger partial charge in [0.2, 0.25) is 0 Å². The van der Waals surface area contributed by atoms with Crippen LogP contribution in [-0.2, 0) is 17.9 Å². The molecular weight excluding hydrogens is 496 g/mol. The van der Waals surface area contributed by atoms with E-state index in [1.54, 1.807) is 36.4 Å². The van der Waals surface area contributed by atoms with E-state index in [0.29, 0.717) is 46.3 Å². The van der Waals surface area contributed by atoms with Crippen LogP contribution < -0.4 is 9.47 Å². The van der Waals surface area contributed by atoms with Crippen LogP contribution in [0.1, 0.15) is 29.2 Å². The molecule has 0 unspecified atom stereocenters. The second-order valence-electron chi connectivity index (χ2n) is 8.60. The van der Waals surface area contributed by atoms with Crippen molar-refractivity contribution in [1.29, 1.82) is 5.26 Å². The summed E-state index contributed by atoms with van der Waals surface area (Å²) in [7, 11) is 0. The van der Waals surface area contributed by atoms with Crippen LogP contribution in [0, 0.1) is 11.3 Å². The van der Waals surface area contributed by atoms with Crippen molar-refractivity contribution < 1.29 is 19.1 Å². The van der Waals surface area contributed by atoms with E-state index in [-0.39, 0.29) is 17.7 Å². The Morgan fingerprint density at radius 2 is 1.66 bits per heavy atom. The van der Waals surface area contributed by atoms with Gasteiger partial charge < -0.3 is 9.47 Å². The summed E-state index contributed by atoms with van der Waals surface area (Å²) in [6, 6.07) is 28.8. The van der Waals surface area contributed by atoms with E-state index in [9.17, 15) is 14.9 Å². The number of carbonyl (C=O) groups excluding carboxylic acids is 2. The molecule has 4 aromatic rings. The SMILES string of the molecule is CCOc1cc(/C=C2/SC(=O)N(Cc3ccccc3C#N)C2=O)ccc1OCc1cccc2ccccc12. The Morgan fingerprint density at radius 1 is 0.895 bits per heavy atom. The van der Waals surface area contributed by atoms with Gasteiger partial charge in [-0.05, 0) is 70.4 Å². The van der Waals surface area contributed by atoms with Gasteiger partial charge >= 0.3 is 0 Å². The van der Waals surface area contributed by atoms with Gasteiger partial charge in [-0.1, -0.05) is 66.7 Å². The van der Waals surface area contributed by atoms with E-state index in [0.717, 1.165) is 33.0 Å². The number of benzene rings is 4. The van der Waals surface area contributed by atoms with Crippen molar-refractivity contribution in [3.8, 4) is 17.6 Å². The average Bonchev–Trinajstić information content (AvgIpc) is 3.20. The van der Waals surface area contributed by atoms with E-state index < -0.39 is 0 Å². The molecule has 188 valence electrons. The molecule has 0 aliphatic carbocycles. The molecule has 0 saturated carbocycles. The third kappa shape index (κ3) is 5.26. The molecule has 2 amide bonds. The first-order chi connectivity index (χ1) is 18.6. The van der Waals surface area contributed by atoms with Crippen molar-refractivity contribution in [2.45, 2.75) is 20.1 Å². The van der Waals surface area contributed by atoms with Crippen LogP contribution in [-0.4, -0.2) is 22.7 Å². The monoisotopic (exact) mass is 520 g/mol. The van der Waals surface area contributed by atoms with Crippen molar-refractivity contribution in [3.63, 3.8) is 0 Å². The molecule has 4 aromatic carbocycles. The zero-order chi connectivity index (χ0) is 26.5. The summed E-state index contributed by atoms with van der Waals surface area (Å²) < 4.78 is 12.0. The fourth-order valence-electron chi connectivity index (χ4n) is 4.30. The van der Waals surface area contributed by atoms with Crippen LogP contribution in [0.4, 0.5) is 4.79 Å². The second-order valence-corrected chi connectivity index (χ2v) is 9.60. The third-order valence-corrected chi connectivity index (χ3v) is 7.08. The lowest BCUT2D eigenvalue weighted by molar-refractivity contribution is -0.123. The summed E-state index contributed by atoms with van der Waals surface area (Å²) >= 11 is 0.885.